The fourth-order valence-electron chi connectivity index (χ4n) is 5.80. The summed E-state index contributed by atoms with van der Waals surface area (Å²) in [5.41, 5.74) is 3.74. The lowest BCUT2D eigenvalue weighted by molar-refractivity contribution is -0.136. The standard InChI is InChI=1S/C31H39NO6/c1-31(2,36)29-26(37-3)16-24(17-27(29)38-4)30(35)25(15-21-13-22-7-5-6-8-23(22)14-21)19-32-12-11-20(18-32)9-10-28(33)34/h5-8,11-12,16-18,21,25,30,35-36H,9-10,13-15,19H2,1-4H3,(H,33,34)/t25-,30-/m1/s1. The molecule has 0 spiro atoms. The Hall–Kier alpha value is -3.29. The van der Waals surface area contributed by atoms with Crippen LogP contribution in [0.5, 0.6) is 11.5 Å². The first-order valence-corrected chi connectivity index (χ1v) is 13.2. The number of carboxylic acids is 1. The topological polar surface area (TPSA) is 101 Å². The number of rotatable bonds is 12. The summed E-state index contributed by atoms with van der Waals surface area (Å²) in [4.78, 5) is 11.0. The van der Waals surface area contributed by atoms with E-state index in [9.17, 15) is 15.0 Å². The number of aliphatic carboxylic acids is 1. The number of carboxylic acid groups (broad SMARTS) is 1. The average Bonchev–Trinajstić information content (AvgIpc) is 3.51. The quantitative estimate of drug-likeness (QED) is 0.313. The van der Waals surface area contributed by atoms with Gasteiger partial charge in [0, 0.05) is 31.3 Å². The molecule has 0 fully saturated rings. The van der Waals surface area contributed by atoms with Gasteiger partial charge in [-0.25, -0.2) is 0 Å². The number of aryl methyl sites for hydroxylation is 1. The normalized spacial score (nSPS) is 15.2. The monoisotopic (exact) mass is 521 g/mol. The van der Waals surface area contributed by atoms with Crippen molar-refractivity contribution in [1.82, 2.24) is 4.57 Å². The molecule has 38 heavy (non-hydrogen) atoms. The molecule has 7 nitrogen and oxygen atoms in total. The van der Waals surface area contributed by atoms with Gasteiger partial charge in [-0.1, -0.05) is 24.3 Å². The van der Waals surface area contributed by atoms with Crippen molar-refractivity contribution in [3.63, 3.8) is 0 Å². The van der Waals surface area contributed by atoms with E-state index < -0.39 is 17.7 Å². The third-order valence-corrected chi connectivity index (χ3v) is 7.58. The van der Waals surface area contributed by atoms with Crippen LogP contribution in [0.3, 0.4) is 0 Å². The summed E-state index contributed by atoms with van der Waals surface area (Å²) in [6.45, 7) is 3.94. The minimum Gasteiger partial charge on any atom is -0.496 e. The summed E-state index contributed by atoms with van der Waals surface area (Å²) in [5.74, 6) is 0.416. The average molecular weight is 522 g/mol. The molecule has 0 amide bonds. The van der Waals surface area contributed by atoms with Crippen LogP contribution in [-0.4, -0.2) is 40.1 Å². The molecule has 3 aromatic rings. The Morgan fingerprint density at radius 1 is 1.08 bits per heavy atom. The highest BCUT2D eigenvalue weighted by Crippen LogP contribution is 2.42. The van der Waals surface area contributed by atoms with Crippen LogP contribution in [0.4, 0.5) is 0 Å². The maximum atomic E-state index is 11.8. The smallest absolute Gasteiger partial charge is 0.303 e. The van der Waals surface area contributed by atoms with E-state index in [4.69, 9.17) is 14.6 Å². The minimum atomic E-state index is -1.19. The van der Waals surface area contributed by atoms with Gasteiger partial charge in [-0.15, -0.1) is 0 Å². The highest BCUT2D eigenvalue weighted by atomic mass is 16.5. The van der Waals surface area contributed by atoms with Crippen molar-refractivity contribution >= 4 is 5.97 Å². The number of benzene rings is 2. The summed E-state index contributed by atoms with van der Waals surface area (Å²) >= 11 is 0. The second-order valence-electron chi connectivity index (χ2n) is 11.0. The van der Waals surface area contributed by atoms with Crippen LogP contribution < -0.4 is 9.47 Å². The van der Waals surface area contributed by atoms with E-state index in [1.165, 1.54) is 11.1 Å². The number of methoxy groups -OCH3 is 2. The van der Waals surface area contributed by atoms with Crippen molar-refractivity contribution in [1.29, 1.82) is 0 Å². The van der Waals surface area contributed by atoms with E-state index in [1.807, 2.05) is 23.0 Å². The lowest BCUT2D eigenvalue weighted by atomic mass is 9.84. The van der Waals surface area contributed by atoms with Gasteiger partial charge in [0.05, 0.1) is 31.5 Å². The van der Waals surface area contributed by atoms with Gasteiger partial charge in [0.25, 0.3) is 0 Å². The number of hydrogen-bond acceptors (Lipinski definition) is 5. The maximum Gasteiger partial charge on any atom is 0.303 e. The zero-order valence-corrected chi connectivity index (χ0v) is 22.7. The van der Waals surface area contributed by atoms with Crippen molar-refractivity contribution in [2.45, 2.75) is 64.2 Å². The fourth-order valence-corrected chi connectivity index (χ4v) is 5.80. The summed E-state index contributed by atoms with van der Waals surface area (Å²) in [6, 6.07) is 14.1. The van der Waals surface area contributed by atoms with Crippen molar-refractivity contribution in [2.75, 3.05) is 14.2 Å². The molecule has 1 heterocycles. The Morgan fingerprint density at radius 2 is 1.68 bits per heavy atom. The number of hydrogen-bond donors (Lipinski definition) is 3. The number of ether oxygens (including phenoxy) is 2. The zero-order valence-electron chi connectivity index (χ0n) is 22.7. The van der Waals surface area contributed by atoms with Crippen LogP contribution in [0.1, 0.15) is 60.6 Å². The molecule has 7 heteroatoms. The van der Waals surface area contributed by atoms with E-state index in [-0.39, 0.29) is 12.3 Å². The Balaban J connectivity index is 1.63. The molecule has 1 aliphatic carbocycles. The van der Waals surface area contributed by atoms with Crippen LogP contribution in [0, 0.1) is 11.8 Å². The molecule has 0 radical (unpaired) electrons. The summed E-state index contributed by atoms with van der Waals surface area (Å²) in [5, 5.41) is 31.5. The Labute approximate surface area is 224 Å². The van der Waals surface area contributed by atoms with Crippen LogP contribution >= 0.6 is 0 Å². The lowest BCUT2D eigenvalue weighted by Crippen LogP contribution is -2.23. The van der Waals surface area contributed by atoms with Crippen LogP contribution in [0.2, 0.25) is 0 Å². The van der Waals surface area contributed by atoms with E-state index in [0.717, 1.165) is 24.8 Å². The van der Waals surface area contributed by atoms with Gasteiger partial charge in [0.2, 0.25) is 0 Å². The molecule has 1 aromatic heterocycles. The SMILES string of the molecule is COc1cc([C@@H](O)[C@H](CC2Cc3ccccc3C2)Cn2ccc(CCC(=O)O)c2)cc(OC)c1C(C)(C)O. The molecule has 0 unspecified atom stereocenters. The second kappa shape index (κ2) is 11.6. The van der Waals surface area contributed by atoms with Crippen LogP contribution in [-0.2, 0) is 36.2 Å². The Bertz CT molecular complexity index is 1210. The van der Waals surface area contributed by atoms with Gasteiger partial charge in [-0.2, -0.15) is 0 Å². The Kier molecular flexibility index (Phi) is 8.48. The molecule has 4 rings (SSSR count). The third kappa shape index (κ3) is 6.40. The molecule has 0 bridgehead atoms. The van der Waals surface area contributed by atoms with Gasteiger partial charge in [-0.3, -0.25) is 4.79 Å². The first kappa shape index (κ1) is 27.7. The Morgan fingerprint density at radius 3 is 2.21 bits per heavy atom. The molecule has 3 N–H and O–H groups in total. The largest absolute Gasteiger partial charge is 0.496 e. The first-order valence-electron chi connectivity index (χ1n) is 13.2. The first-order chi connectivity index (χ1) is 18.1. The van der Waals surface area contributed by atoms with Gasteiger partial charge in [0.15, 0.2) is 0 Å². The molecular formula is C31H39NO6. The number of fused-ring (bicyclic) bond motifs is 1. The minimum absolute atomic E-state index is 0.0868. The van der Waals surface area contributed by atoms with E-state index >= 15 is 0 Å². The lowest BCUT2D eigenvalue weighted by Gasteiger charge is -2.29. The molecule has 0 aliphatic heterocycles. The highest BCUT2D eigenvalue weighted by molar-refractivity contribution is 5.67. The summed E-state index contributed by atoms with van der Waals surface area (Å²) < 4.78 is 13.3. The second-order valence-corrected chi connectivity index (χ2v) is 11.0. The van der Waals surface area contributed by atoms with Crippen LogP contribution in [0.25, 0.3) is 0 Å². The van der Waals surface area contributed by atoms with Gasteiger partial charge < -0.3 is 29.4 Å². The number of aliphatic hydroxyl groups excluding tert-OH is 1. The zero-order chi connectivity index (χ0) is 27.4. The van der Waals surface area contributed by atoms with Crippen molar-refractivity contribution in [2.24, 2.45) is 11.8 Å². The van der Waals surface area contributed by atoms with Crippen molar-refractivity contribution in [3.8, 4) is 11.5 Å². The summed E-state index contributed by atoms with van der Waals surface area (Å²) in [6.07, 6.45) is 6.48. The molecule has 204 valence electrons. The number of aromatic nitrogens is 1. The molecular weight excluding hydrogens is 482 g/mol. The fraction of sp³-hybridized carbons (Fsp3) is 0.452. The van der Waals surface area contributed by atoms with Gasteiger partial charge in [0.1, 0.15) is 11.5 Å². The number of nitrogens with zero attached hydrogens (tertiary/aromatic N) is 1. The van der Waals surface area contributed by atoms with E-state index in [0.29, 0.717) is 41.5 Å². The maximum absolute atomic E-state index is 11.8. The van der Waals surface area contributed by atoms with Crippen molar-refractivity contribution < 1.29 is 29.6 Å². The molecule has 1 aliphatic rings. The van der Waals surface area contributed by atoms with Gasteiger partial charge >= 0.3 is 5.97 Å². The van der Waals surface area contributed by atoms with E-state index in [1.54, 1.807) is 40.2 Å². The number of aliphatic hydroxyl groups is 2. The summed E-state index contributed by atoms with van der Waals surface area (Å²) in [7, 11) is 3.10. The molecule has 2 aromatic carbocycles. The molecule has 0 saturated carbocycles. The van der Waals surface area contributed by atoms with Crippen LogP contribution in [0.15, 0.2) is 54.9 Å². The molecule has 0 saturated heterocycles. The van der Waals surface area contributed by atoms with E-state index in [2.05, 4.69) is 24.3 Å². The molecule has 2 atom stereocenters. The number of carbonyl (C=O) groups is 1. The third-order valence-electron chi connectivity index (χ3n) is 7.58. The van der Waals surface area contributed by atoms with Gasteiger partial charge in [-0.05, 0) is 85.9 Å². The predicted octanol–water partition coefficient (Wildman–Crippen LogP) is 4.90. The van der Waals surface area contributed by atoms with Crippen molar-refractivity contribution in [3.05, 3.63) is 82.7 Å². The highest BCUT2D eigenvalue weighted by Gasteiger charge is 2.32. The predicted molar refractivity (Wildman–Crippen MR) is 146 cm³/mol.